The van der Waals surface area contributed by atoms with Crippen LogP contribution < -0.4 is 0 Å². The predicted molar refractivity (Wildman–Crippen MR) is 81.6 cm³/mol. The highest BCUT2D eigenvalue weighted by Gasteiger charge is 2.45. The zero-order chi connectivity index (χ0) is 15.5. The van der Waals surface area contributed by atoms with Crippen molar-refractivity contribution in [2.45, 2.75) is 19.3 Å². The first kappa shape index (κ1) is 15.9. The monoisotopic (exact) mass is 294 g/mol. The van der Waals surface area contributed by atoms with E-state index in [1.807, 2.05) is 17.1 Å². The van der Waals surface area contributed by atoms with E-state index in [0.717, 1.165) is 44.0 Å². The van der Waals surface area contributed by atoms with Gasteiger partial charge in [0.05, 0.1) is 26.1 Å². The van der Waals surface area contributed by atoms with E-state index in [0.29, 0.717) is 6.42 Å². The quantitative estimate of drug-likeness (QED) is 0.746. The molecule has 0 unspecified atom stereocenters. The van der Waals surface area contributed by atoms with E-state index in [4.69, 9.17) is 9.47 Å². The third kappa shape index (κ3) is 3.40. The van der Waals surface area contributed by atoms with Crippen molar-refractivity contribution < 1.29 is 14.3 Å². The Bertz CT molecular complexity index is 434. The van der Waals surface area contributed by atoms with Gasteiger partial charge in [0, 0.05) is 13.1 Å². The number of hydrogen-bond donors (Lipinski definition) is 0. The van der Waals surface area contributed by atoms with E-state index in [-0.39, 0.29) is 5.91 Å². The molecule has 0 radical (unpaired) electrons. The van der Waals surface area contributed by atoms with Crippen LogP contribution in [0.5, 0.6) is 0 Å². The third-order valence-electron chi connectivity index (χ3n) is 4.22. The molecule has 0 bridgehead atoms. The standard InChI is InChI=1S/C16H26N2O3/c1-17(2)7-5-8-18-9-6-16(15(18)19)11-13(20-3)10-14(12-16)21-4/h11-12H,5-10H2,1-4H3. The van der Waals surface area contributed by atoms with Gasteiger partial charge in [0.15, 0.2) is 0 Å². The summed E-state index contributed by atoms with van der Waals surface area (Å²) < 4.78 is 10.7. The number of ether oxygens (including phenoxy) is 2. The van der Waals surface area contributed by atoms with E-state index in [2.05, 4.69) is 19.0 Å². The molecule has 2 rings (SSSR count). The molecule has 0 aromatic rings. The van der Waals surface area contributed by atoms with Crippen LogP contribution in [0.1, 0.15) is 19.3 Å². The molecule has 1 fully saturated rings. The summed E-state index contributed by atoms with van der Waals surface area (Å²) in [5.74, 6) is 1.81. The van der Waals surface area contributed by atoms with Gasteiger partial charge >= 0.3 is 0 Å². The summed E-state index contributed by atoms with van der Waals surface area (Å²) in [7, 11) is 7.39. The molecule has 1 amide bonds. The second-order valence-corrected chi connectivity index (χ2v) is 6.05. The summed E-state index contributed by atoms with van der Waals surface area (Å²) in [6.07, 6.45) is 6.38. The van der Waals surface area contributed by atoms with Gasteiger partial charge in [0.2, 0.25) is 5.91 Å². The molecule has 2 aliphatic rings. The van der Waals surface area contributed by atoms with Gasteiger partial charge < -0.3 is 19.3 Å². The van der Waals surface area contributed by atoms with Crippen molar-refractivity contribution in [3.8, 4) is 0 Å². The molecule has 0 aromatic heterocycles. The molecular formula is C16H26N2O3. The fourth-order valence-corrected chi connectivity index (χ4v) is 3.03. The topological polar surface area (TPSA) is 42.0 Å². The van der Waals surface area contributed by atoms with Crippen molar-refractivity contribution in [3.05, 3.63) is 23.7 Å². The highest BCUT2D eigenvalue weighted by atomic mass is 16.5. The summed E-state index contributed by atoms with van der Waals surface area (Å²) >= 11 is 0. The number of hydrogen-bond acceptors (Lipinski definition) is 4. The number of amides is 1. The van der Waals surface area contributed by atoms with Crippen molar-refractivity contribution in [1.29, 1.82) is 0 Å². The molecule has 0 N–H and O–H groups in total. The molecule has 0 aromatic carbocycles. The first-order valence-electron chi connectivity index (χ1n) is 7.46. The van der Waals surface area contributed by atoms with Gasteiger partial charge in [-0.3, -0.25) is 4.79 Å². The molecule has 1 saturated heterocycles. The smallest absolute Gasteiger partial charge is 0.236 e. The molecule has 118 valence electrons. The van der Waals surface area contributed by atoms with Crippen LogP contribution in [0.3, 0.4) is 0 Å². The van der Waals surface area contributed by atoms with Crippen molar-refractivity contribution >= 4 is 5.91 Å². The zero-order valence-electron chi connectivity index (χ0n) is 13.5. The van der Waals surface area contributed by atoms with Crippen molar-refractivity contribution in [2.75, 3.05) is 47.9 Å². The van der Waals surface area contributed by atoms with Crippen LogP contribution in [0.4, 0.5) is 0 Å². The molecule has 5 heteroatoms. The van der Waals surface area contributed by atoms with Gasteiger partial charge in [-0.2, -0.15) is 0 Å². The molecule has 0 saturated carbocycles. The molecule has 1 aliphatic heterocycles. The lowest BCUT2D eigenvalue weighted by Crippen LogP contribution is -2.35. The van der Waals surface area contributed by atoms with Crippen LogP contribution in [-0.4, -0.2) is 63.7 Å². The second kappa shape index (κ2) is 6.52. The largest absolute Gasteiger partial charge is 0.501 e. The first-order valence-corrected chi connectivity index (χ1v) is 7.46. The lowest BCUT2D eigenvalue weighted by molar-refractivity contribution is -0.132. The Morgan fingerprint density at radius 2 is 1.86 bits per heavy atom. The predicted octanol–water partition coefficient (Wildman–Crippen LogP) is 1.62. The minimum absolute atomic E-state index is 0.171. The maximum atomic E-state index is 12.8. The molecule has 21 heavy (non-hydrogen) atoms. The van der Waals surface area contributed by atoms with E-state index >= 15 is 0 Å². The Kier molecular flexibility index (Phi) is 4.93. The number of methoxy groups -OCH3 is 2. The van der Waals surface area contributed by atoms with Crippen LogP contribution in [-0.2, 0) is 14.3 Å². The van der Waals surface area contributed by atoms with Gasteiger partial charge in [-0.1, -0.05) is 0 Å². The van der Waals surface area contributed by atoms with E-state index in [9.17, 15) is 4.79 Å². The Morgan fingerprint density at radius 3 is 2.38 bits per heavy atom. The number of carbonyl (C=O) groups is 1. The molecule has 1 aliphatic carbocycles. The Labute approximate surface area is 127 Å². The summed E-state index contributed by atoms with van der Waals surface area (Å²) in [5.41, 5.74) is -0.562. The first-order chi connectivity index (χ1) is 10.0. The van der Waals surface area contributed by atoms with Crippen molar-refractivity contribution in [3.63, 3.8) is 0 Å². The van der Waals surface area contributed by atoms with Gasteiger partial charge in [-0.25, -0.2) is 0 Å². The fraction of sp³-hybridized carbons (Fsp3) is 0.688. The van der Waals surface area contributed by atoms with Crippen LogP contribution >= 0.6 is 0 Å². The fourth-order valence-electron chi connectivity index (χ4n) is 3.03. The average Bonchev–Trinajstić information content (AvgIpc) is 2.75. The van der Waals surface area contributed by atoms with E-state index in [1.54, 1.807) is 14.2 Å². The van der Waals surface area contributed by atoms with Gasteiger partial charge in [0.25, 0.3) is 0 Å². The third-order valence-corrected chi connectivity index (χ3v) is 4.22. The Morgan fingerprint density at radius 1 is 1.24 bits per heavy atom. The average molecular weight is 294 g/mol. The summed E-state index contributed by atoms with van der Waals surface area (Å²) in [6.45, 7) is 2.60. The van der Waals surface area contributed by atoms with Crippen LogP contribution in [0.15, 0.2) is 23.7 Å². The van der Waals surface area contributed by atoms with Crippen LogP contribution in [0.2, 0.25) is 0 Å². The summed E-state index contributed by atoms with van der Waals surface area (Å²) in [6, 6.07) is 0. The van der Waals surface area contributed by atoms with Crippen molar-refractivity contribution in [1.82, 2.24) is 9.80 Å². The molecule has 5 nitrogen and oxygen atoms in total. The minimum atomic E-state index is -0.562. The Hall–Kier alpha value is -1.49. The summed E-state index contributed by atoms with van der Waals surface area (Å²) in [5, 5.41) is 0. The normalized spacial score (nSPS) is 20.8. The number of nitrogens with zero attached hydrogens (tertiary/aromatic N) is 2. The summed E-state index contributed by atoms with van der Waals surface area (Å²) in [4.78, 5) is 16.9. The number of carbonyl (C=O) groups excluding carboxylic acids is 1. The molecule has 1 spiro atoms. The maximum Gasteiger partial charge on any atom is 0.236 e. The van der Waals surface area contributed by atoms with Crippen molar-refractivity contribution in [2.24, 2.45) is 5.41 Å². The van der Waals surface area contributed by atoms with E-state index in [1.165, 1.54) is 0 Å². The van der Waals surface area contributed by atoms with E-state index < -0.39 is 5.41 Å². The highest BCUT2D eigenvalue weighted by molar-refractivity contribution is 5.89. The van der Waals surface area contributed by atoms with Gasteiger partial charge in [-0.15, -0.1) is 0 Å². The van der Waals surface area contributed by atoms with Gasteiger partial charge in [-0.05, 0) is 45.6 Å². The zero-order valence-corrected chi connectivity index (χ0v) is 13.5. The number of likely N-dealkylation sites (tertiary alicyclic amines) is 1. The van der Waals surface area contributed by atoms with Gasteiger partial charge in [0.1, 0.15) is 11.5 Å². The maximum absolute atomic E-state index is 12.8. The highest BCUT2D eigenvalue weighted by Crippen LogP contribution is 2.41. The SMILES string of the molecule is COC1=CC2(C=C(OC)C1)CCN(CCCN(C)C)C2=O. The lowest BCUT2D eigenvalue weighted by atomic mass is 9.81. The second-order valence-electron chi connectivity index (χ2n) is 6.05. The molecule has 1 heterocycles. The molecule has 0 atom stereocenters. The lowest BCUT2D eigenvalue weighted by Gasteiger charge is -2.27. The molecular weight excluding hydrogens is 268 g/mol. The number of rotatable bonds is 6. The van der Waals surface area contributed by atoms with Crippen LogP contribution in [0, 0.1) is 5.41 Å². The minimum Gasteiger partial charge on any atom is -0.501 e. The Balaban J connectivity index is 2.09. The van der Waals surface area contributed by atoms with Crippen LogP contribution in [0.25, 0.3) is 0 Å².